The second-order valence-corrected chi connectivity index (χ2v) is 8.56. The Hall–Kier alpha value is -2.02. The summed E-state index contributed by atoms with van der Waals surface area (Å²) in [5.41, 5.74) is 5.97. The van der Waals surface area contributed by atoms with Crippen molar-refractivity contribution >= 4 is 5.71 Å². The summed E-state index contributed by atoms with van der Waals surface area (Å²) in [7, 11) is 1.81. The van der Waals surface area contributed by atoms with Gasteiger partial charge in [-0.3, -0.25) is 4.90 Å². The molecular weight excluding hydrogens is 439 g/mol. The van der Waals surface area contributed by atoms with Gasteiger partial charge in [0.2, 0.25) is 0 Å². The van der Waals surface area contributed by atoms with Crippen LogP contribution in [0.4, 0.5) is 13.2 Å². The van der Waals surface area contributed by atoms with Crippen molar-refractivity contribution in [1.82, 2.24) is 4.90 Å². The number of alkyl halides is 3. The summed E-state index contributed by atoms with van der Waals surface area (Å²) in [5, 5.41) is 10.1. The highest BCUT2D eigenvalue weighted by molar-refractivity contribution is 5.92. The molecule has 4 nitrogen and oxygen atoms in total. The molecule has 1 aliphatic heterocycles. The van der Waals surface area contributed by atoms with E-state index >= 15 is 0 Å². The van der Waals surface area contributed by atoms with Crippen LogP contribution in [0.3, 0.4) is 0 Å². The minimum atomic E-state index is -4.49. The van der Waals surface area contributed by atoms with Crippen molar-refractivity contribution in [1.29, 1.82) is 0 Å². The number of halogens is 3. The number of hydrogen-bond acceptors (Lipinski definition) is 4. The third-order valence-corrected chi connectivity index (χ3v) is 5.88. The zero-order chi connectivity index (χ0) is 26.3. The SMILES string of the molecule is CC.CCC1=NC(N)=CCN(C)C1c1ccc(C(F)(F)F)cc1O.CCCCCCC(C)CC. The lowest BCUT2D eigenvalue weighted by molar-refractivity contribution is -0.137. The average molecular weight is 486 g/mol. The van der Waals surface area contributed by atoms with E-state index in [1.54, 1.807) is 6.08 Å². The molecule has 0 radical (unpaired) electrons. The molecule has 2 unspecified atom stereocenters. The van der Waals surface area contributed by atoms with Gasteiger partial charge in [0.05, 0.1) is 11.6 Å². The number of aromatic hydroxyl groups is 1. The van der Waals surface area contributed by atoms with Gasteiger partial charge in [0.25, 0.3) is 0 Å². The Balaban J connectivity index is 0.000000767. The van der Waals surface area contributed by atoms with Gasteiger partial charge >= 0.3 is 6.18 Å². The molecule has 3 N–H and O–H groups in total. The summed E-state index contributed by atoms with van der Waals surface area (Å²) < 4.78 is 38.1. The predicted octanol–water partition coefficient (Wildman–Crippen LogP) is 8.08. The minimum Gasteiger partial charge on any atom is -0.508 e. The van der Waals surface area contributed by atoms with Crippen LogP contribution in [-0.2, 0) is 6.18 Å². The maximum atomic E-state index is 12.7. The van der Waals surface area contributed by atoms with Gasteiger partial charge in [-0.25, -0.2) is 4.99 Å². The Morgan fingerprint density at radius 1 is 1.15 bits per heavy atom. The Morgan fingerprint density at radius 3 is 2.29 bits per heavy atom. The first-order valence-electron chi connectivity index (χ1n) is 12.7. The van der Waals surface area contributed by atoms with Crippen molar-refractivity contribution in [3.05, 3.63) is 41.2 Å². The van der Waals surface area contributed by atoms with E-state index < -0.39 is 23.5 Å². The van der Waals surface area contributed by atoms with Gasteiger partial charge in [0.15, 0.2) is 0 Å². The molecule has 7 heteroatoms. The van der Waals surface area contributed by atoms with Crippen molar-refractivity contribution in [2.24, 2.45) is 16.6 Å². The number of nitrogens with two attached hydrogens (primary N) is 1. The predicted molar refractivity (Wildman–Crippen MR) is 138 cm³/mol. The summed E-state index contributed by atoms with van der Waals surface area (Å²) in [6.45, 7) is 13.3. The van der Waals surface area contributed by atoms with Crippen molar-refractivity contribution < 1.29 is 18.3 Å². The fraction of sp³-hybridized carbons (Fsp3) is 0.667. The monoisotopic (exact) mass is 485 g/mol. The third-order valence-electron chi connectivity index (χ3n) is 5.88. The summed E-state index contributed by atoms with van der Waals surface area (Å²) in [6.07, 6.45) is 6.29. The van der Waals surface area contributed by atoms with E-state index in [9.17, 15) is 18.3 Å². The normalized spacial score (nSPS) is 17.3. The maximum Gasteiger partial charge on any atom is 0.416 e. The second kappa shape index (κ2) is 16.6. The van der Waals surface area contributed by atoms with Crippen LogP contribution < -0.4 is 5.73 Å². The van der Waals surface area contributed by atoms with Crippen molar-refractivity contribution in [3.8, 4) is 5.75 Å². The fourth-order valence-corrected chi connectivity index (χ4v) is 3.63. The molecule has 1 heterocycles. The molecule has 196 valence electrons. The zero-order valence-electron chi connectivity index (χ0n) is 22.2. The topological polar surface area (TPSA) is 61.8 Å². The van der Waals surface area contributed by atoms with Gasteiger partial charge in [-0.2, -0.15) is 13.2 Å². The lowest BCUT2D eigenvalue weighted by Gasteiger charge is -2.28. The zero-order valence-corrected chi connectivity index (χ0v) is 22.2. The van der Waals surface area contributed by atoms with Gasteiger partial charge in [0, 0.05) is 17.8 Å². The molecule has 0 saturated heterocycles. The van der Waals surface area contributed by atoms with Crippen molar-refractivity contribution in [2.75, 3.05) is 13.6 Å². The number of phenols is 1. The Bertz CT molecular complexity index is 760. The fourth-order valence-electron chi connectivity index (χ4n) is 3.63. The second-order valence-electron chi connectivity index (χ2n) is 8.56. The average Bonchev–Trinajstić information content (AvgIpc) is 2.95. The van der Waals surface area contributed by atoms with E-state index in [2.05, 4.69) is 25.8 Å². The lowest BCUT2D eigenvalue weighted by Crippen LogP contribution is -2.30. The number of likely N-dealkylation sites (N-methyl/N-ethyl adjacent to an activating group) is 1. The third kappa shape index (κ3) is 10.9. The molecule has 0 spiro atoms. The van der Waals surface area contributed by atoms with E-state index in [4.69, 9.17) is 5.73 Å². The van der Waals surface area contributed by atoms with Crippen LogP contribution >= 0.6 is 0 Å². The first kappa shape index (κ1) is 32.0. The molecular formula is C27H46F3N3O. The summed E-state index contributed by atoms with van der Waals surface area (Å²) in [5.74, 6) is 0.933. The van der Waals surface area contributed by atoms with Gasteiger partial charge in [-0.05, 0) is 37.6 Å². The van der Waals surface area contributed by atoms with Crippen LogP contribution in [0.25, 0.3) is 0 Å². The lowest BCUT2D eigenvalue weighted by atomic mass is 9.96. The molecule has 2 atom stereocenters. The molecule has 1 aromatic carbocycles. The smallest absolute Gasteiger partial charge is 0.416 e. The van der Waals surface area contributed by atoms with Gasteiger partial charge < -0.3 is 10.8 Å². The number of aliphatic imine (C=N–C) groups is 1. The highest BCUT2D eigenvalue weighted by Crippen LogP contribution is 2.37. The molecule has 34 heavy (non-hydrogen) atoms. The van der Waals surface area contributed by atoms with Crippen molar-refractivity contribution in [3.63, 3.8) is 0 Å². The number of hydrogen-bond donors (Lipinski definition) is 2. The molecule has 1 aliphatic rings. The highest BCUT2D eigenvalue weighted by atomic mass is 19.4. The summed E-state index contributed by atoms with van der Waals surface area (Å²) in [6, 6.07) is 2.60. The number of benzene rings is 1. The molecule has 2 rings (SSSR count). The van der Waals surface area contributed by atoms with Crippen LogP contribution in [0.15, 0.2) is 35.1 Å². The van der Waals surface area contributed by atoms with Gasteiger partial charge in [-0.15, -0.1) is 0 Å². The van der Waals surface area contributed by atoms with E-state index in [0.29, 0.717) is 30.1 Å². The van der Waals surface area contributed by atoms with Crippen molar-refractivity contribution in [2.45, 2.75) is 98.7 Å². The molecule has 0 aromatic heterocycles. The first-order chi connectivity index (χ1) is 16.0. The molecule has 1 aromatic rings. The van der Waals surface area contributed by atoms with E-state index in [0.717, 1.165) is 18.1 Å². The van der Waals surface area contributed by atoms with E-state index in [1.807, 2.05) is 32.7 Å². The number of unbranched alkanes of at least 4 members (excludes halogenated alkanes) is 3. The molecule has 0 bridgehead atoms. The maximum absolute atomic E-state index is 12.7. The van der Waals surface area contributed by atoms with Gasteiger partial charge in [-0.1, -0.05) is 86.1 Å². The number of nitrogens with zero attached hydrogens (tertiary/aromatic N) is 2. The Kier molecular flexibility index (Phi) is 15.6. The highest BCUT2D eigenvalue weighted by Gasteiger charge is 2.33. The molecule has 0 amide bonds. The largest absolute Gasteiger partial charge is 0.508 e. The number of phenolic OH excluding ortho intramolecular Hbond substituents is 1. The van der Waals surface area contributed by atoms with Crippen LogP contribution in [0.2, 0.25) is 0 Å². The van der Waals surface area contributed by atoms with Crippen LogP contribution in [0.1, 0.15) is 104 Å². The standard InChI is InChI=1S/C15H18F3N3O.C10H22.C2H6/c1-3-11-14(21(2)7-6-13(19)20-11)10-5-4-9(8-12(10)22)15(16,17)18;1-4-6-7-8-9-10(3)5-2;1-2/h4-6,8,14,22H,3,7,19H2,1-2H3;10H,4-9H2,1-3H3;1-2H3. The Labute approximate surface area is 205 Å². The molecule has 0 aliphatic carbocycles. The van der Waals surface area contributed by atoms with Crippen LogP contribution in [0, 0.1) is 5.92 Å². The van der Waals surface area contributed by atoms with Crippen LogP contribution in [-0.4, -0.2) is 29.3 Å². The number of rotatable bonds is 8. The summed E-state index contributed by atoms with van der Waals surface area (Å²) in [4.78, 5) is 6.17. The minimum absolute atomic E-state index is 0.373. The summed E-state index contributed by atoms with van der Waals surface area (Å²) >= 11 is 0. The van der Waals surface area contributed by atoms with Crippen LogP contribution in [0.5, 0.6) is 5.75 Å². The molecule has 0 saturated carbocycles. The van der Waals surface area contributed by atoms with E-state index in [1.165, 1.54) is 44.6 Å². The quantitative estimate of drug-likeness (QED) is 0.366. The molecule has 0 fully saturated rings. The first-order valence-corrected chi connectivity index (χ1v) is 12.7. The van der Waals surface area contributed by atoms with E-state index in [-0.39, 0.29) is 0 Å². The van der Waals surface area contributed by atoms with Gasteiger partial charge in [0.1, 0.15) is 11.6 Å². The Morgan fingerprint density at radius 2 is 1.79 bits per heavy atom.